The molecule has 0 bridgehead atoms. The fourth-order valence-electron chi connectivity index (χ4n) is 2.55. The fraction of sp³-hybridized carbons (Fsp3) is 0.400. The molecule has 1 aromatic heterocycles. The van der Waals surface area contributed by atoms with Crippen LogP contribution in [0, 0.1) is 0 Å². The highest BCUT2D eigenvalue weighted by atomic mass is 16.2. The van der Waals surface area contributed by atoms with E-state index in [1.165, 1.54) is 35.9 Å². The smallest absolute Gasteiger partial charge is 0.277 e. The predicted octanol–water partition coefficient (Wildman–Crippen LogP) is 2.06. The standard InChI is InChI=1S/C15H19N5O/c1-19-16-11-14(18-19)15(21)17-12-5-7-13(8-6-12)20-9-3-2-4-10-20/h5-8,11H,2-4,9-10H2,1H3,(H,17,21). The van der Waals surface area contributed by atoms with Crippen LogP contribution in [0.3, 0.4) is 0 Å². The number of carbonyl (C=O) groups excluding carboxylic acids is 1. The fourth-order valence-corrected chi connectivity index (χ4v) is 2.55. The Labute approximate surface area is 123 Å². The molecule has 21 heavy (non-hydrogen) atoms. The number of carbonyl (C=O) groups is 1. The van der Waals surface area contributed by atoms with Gasteiger partial charge in [-0.25, -0.2) is 0 Å². The molecule has 2 heterocycles. The summed E-state index contributed by atoms with van der Waals surface area (Å²) in [6.07, 6.45) is 5.29. The predicted molar refractivity (Wildman–Crippen MR) is 81.5 cm³/mol. The molecule has 6 nitrogen and oxygen atoms in total. The van der Waals surface area contributed by atoms with Crippen molar-refractivity contribution in [1.82, 2.24) is 15.0 Å². The van der Waals surface area contributed by atoms with Crippen LogP contribution >= 0.6 is 0 Å². The number of anilines is 2. The van der Waals surface area contributed by atoms with Gasteiger partial charge in [0.05, 0.1) is 6.20 Å². The van der Waals surface area contributed by atoms with Crippen molar-refractivity contribution in [3.05, 3.63) is 36.2 Å². The first kappa shape index (κ1) is 13.6. The minimum atomic E-state index is -0.242. The van der Waals surface area contributed by atoms with Gasteiger partial charge in [-0.3, -0.25) is 4.79 Å². The third-order valence-electron chi connectivity index (χ3n) is 3.68. The highest BCUT2D eigenvalue weighted by molar-refractivity contribution is 6.02. The second-order valence-corrected chi connectivity index (χ2v) is 5.27. The minimum Gasteiger partial charge on any atom is -0.372 e. The van der Waals surface area contributed by atoms with Crippen molar-refractivity contribution in [3.8, 4) is 0 Å². The van der Waals surface area contributed by atoms with E-state index in [1.54, 1.807) is 7.05 Å². The largest absolute Gasteiger partial charge is 0.372 e. The Morgan fingerprint density at radius 3 is 2.48 bits per heavy atom. The van der Waals surface area contributed by atoms with Crippen molar-refractivity contribution in [2.24, 2.45) is 7.05 Å². The van der Waals surface area contributed by atoms with Crippen molar-refractivity contribution in [2.45, 2.75) is 19.3 Å². The lowest BCUT2D eigenvalue weighted by Crippen LogP contribution is -2.29. The number of hydrogen-bond acceptors (Lipinski definition) is 4. The zero-order valence-corrected chi connectivity index (χ0v) is 12.1. The van der Waals surface area contributed by atoms with Gasteiger partial charge in [-0.15, -0.1) is 5.10 Å². The third kappa shape index (κ3) is 3.21. The van der Waals surface area contributed by atoms with Gasteiger partial charge >= 0.3 is 0 Å². The van der Waals surface area contributed by atoms with E-state index in [0.29, 0.717) is 5.69 Å². The highest BCUT2D eigenvalue weighted by Crippen LogP contribution is 2.21. The third-order valence-corrected chi connectivity index (χ3v) is 3.68. The van der Waals surface area contributed by atoms with Crippen LogP contribution in [0.2, 0.25) is 0 Å². The maximum atomic E-state index is 12.0. The Balaban J connectivity index is 1.65. The average Bonchev–Trinajstić information content (AvgIpc) is 2.96. The number of nitrogens with one attached hydrogen (secondary N) is 1. The van der Waals surface area contributed by atoms with Crippen LogP contribution in [-0.2, 0) is 7.05 Å². The summed E-state index contributed by atoms with van der Waals surface area (Å²) in [4.78, 5) is 15.7. The molecule has 0 aliphatic carbocycles. The summed E-state index contributed by atoms with van der Waals surface area (Å²) in [6.45, 7) is 2.23. The normalized spacial score (nSPS) is 15.0. The molecule has 0 spiro atoms. The highest BCUT2D eigenvalue weighted by Gasteiger charge is 2.12. The number of hydrogen-bond donors (Lipinski definition) is 1. The van der Waals surface area contributed by atoms with Crippen LogP contribution in [0.15, 0.2) is 30.5 Å². The van der Waals surface area contributed by atoms with E-state index in [4.69, 9.17) is 0 Å². The zero-order chi connectivity index (χ0) is 14.7. The number of piperidine rings is 1. The van der Waals surface area contributed by atoms with Crippen LogP contribution in [0.5, 0.6) is 0 Å². The van der Waals surface area contributed by atoms with Gasteiger partial charge < -0.3 is 10.2 Å². The van der Waals surface area contributed by atoms with Gasteiger partial charge in [0.25, 0.3) is 5.91 Å². The van der Waals surface area contributed by atoms with Gasteiger partial charge in [0.1, 0.15) is 0 Å². The molecule has 1 N–H and O–H groups in total. The summed E-state index contributed by atoms with van der Waals surface area (Å²) < 4.78 is 0. The number of nitrogens with zero attached hydrogens (tertiary/aromatic N) is 4. The molecular weight excluding hydrogens is 266 g/mol. The molecule has 0 saturated carbocycles. The van der Waals surface area contributed by atoms with E-state index in [-0.39, 0.29) is 5.91 Å². The Bertz CT molecular complexity index is 613. The molecule has 1 aliphatic rings. The number of aryl methyl sites for hydroxylation is 1. The summed E-state index contributed by atoms with van der Waals surface area (Å²) >= 11 is 0. The minimum absolute atomic E-state index is 0.242. The second-order valence-electron chi connectivity index (χ2n) is 5.27. The topological polar surface area (TPSA) is 63.1 Å². The van der Waals surface area contributed by atoms with Gasteiger partial charge in [-0.2, -0.15) is 9.90 Å². The molecule has 110 valence electrons. The average molecular weight is 285 g/mol. The van der Waals surface area contributed by atoms with Crippen molar-refractivity contribution < 1.29 is 4.79 Å². The molecule has 1 amide bonds. The summed E-state index contributed by atoms with van der Waals surface area (Å²) in [5.74, 6) is -0.242. The first-order valence-electron chi connectivity index (χ1n) is 7.25. The maximum Gasteiger partial charge on any atom is 0.277 e. The van der Waals surface area contributed by atoms with E-state index in [1.807, 2.05) is 12.1 Å². The summed E-state index contributed by atoms with van der Waals surface area (Å²) in [5.41, 5.74) is 2.30. The number of aromatic nitrogens is 3. The van der Waals surface area contributed by atoms with Crippen LogP contribution in [0.1, 0.15) is 29.8 Å². The lowest BCUT2D eigenvalue weighted by molar-refractivity contribution is 0.102. The van der Waals surface area contributed by atoms with E-state index in [2.05, 4.69) is 32.5 Å². The Morgan fingerprint density at radius 2 is 1.86 bits per heavy atom. The molecule has 1 saturated heterocycles. The van der Waals surface area contributed by atoms with Crippen molar-refractivity contribution >= 4 is 17.3 Å². The van der Waals surface area contributed by atoms with E-state index in [9.17, 15) is 4.79 Å². The molecule has 1 fully saturated rings. The zero-order valence-electron chi connectivity index (χ0n) is 12.1. The SMILES string of the molecule is Cn1ncc(C(=O)Nc2ccc(N3CCCCC3)cc2)n1. The molecule has 3 rings (SSSR count). The van der Waals surface area contributed by atoms with Gasteiger partial charge in [0.15, 0.2) is 5.69 Å². The number of rotatable bonds is 3. The molecule has 0 radical (unpaired) electrons. The Hall–Kier alpha value is -2.37. The van der Waals surface area contributed by atoms with Crippen molar-refractivity contribution in [2.75, 3.05) is 23.3 Å². The number of amides is 1. The first-order chi connectivity index (χ1) is 10.2. The van der Waals surface area contributed by atoms with E-state index >= 15 is 0 Å². The summed E-state index contributed by atoms with van der Waals surface area (Å²) in [5, 5.41) is 10.7. The van der Waals surface area contributed by atoms with Crippen LogP contribution in [0.25, 0.3) is 0 Å². The van der Waals surface area contributed by atoms with Crippen LogP contribution in [-0.4, -0.2) is 34.0 Å². The van der Waals surface area contributed by atoms with Crippen molar-refractivity contribution in [1.29, 1.82) is 0 Å². The van der Waals surface area contributed by atoms with Crippen molar-refractivity contribution in [3.63, 3.8) is 0 Å². The van der Waals surface area contributed by atoms with Gasteiger partial charge in [0, 0.05) is 31.5 Å². The Morgan fingerprint density at radius 1 is 1.14 bits per heavy atom. The molecule has 0 unspecified atom stereocenters. The van der Waals surface area contributed by atoms with E-state index in [0.717, 1.165) is 18.8 Å². The number of benzene rings is 1. The van der Waals surface area contributed by atoms with E-state index < -0.39 is 0 Å². The van der Waals surface area contributed by atoms with Crippen LogP contribution in [0.4, 0.5) is 11.4 Å². The monoisotopic (exact) mass is 285 g/mol. The summed E-state index contributed by atoms with van der Waals surface area (Å²) in [6, 6.07) is 7.96. The Kier molecular flexibility index (Phi) is 3.85. The van der Waals surface area contributed by atoms with Gasteiger partial charge in [-0.05, 0) is 43.5 Å². The molecule has 6 heteroatoms. The summed E-state index contributed by atoms with van der Waals surface area (Å²) in [7, 11) is 1.68. The lowest BCUT2D eigenvalue weighted by atomic mass is 10.1. The second kappa shape index (κ2) is 5.95. The molecule has 2 aromatic rings. The van der Waals surface area contributed by atoms with Gasteiger partial charge in [0.2, 0.25) is 0 Å². The lowest BCUT2D eigenvalue weighted by Gasteiger charge is -2.28. The van der Waals surface area contributed by atoms with Crippen LogP contribution < -0.4 is 10.2 Å². The van der Waals surface area contributed by atoms with Gasteiger partial charge in [-0.1, -0.05) is 0 Å². The first-order valence-corrected chi connectivity index (χ1v) is 7.25. The molecule has 0 atom stereocenters. The molecule has 1 aliphatic heterocycles. The maximum absolute atomic E-state index is 12.0. The molecule has 1 aromatic carbocycles. The quantitative estimate of drug-likeness (QED) is 0.937. The molecular formula is C15H19N5O.